The van der Waals surface area contributed by atoms with Crippen molar-refractivity contribution in [3.63, 3.8) is 0 Å². The largest absolute Gasteiger partial charge is 0.395 e. The third-order valence-electron chi connectivity index (χ3n) is 3.81. The van der Waals surface area contributed by atoms with E-state index in [1.807, 2.05) is 0 Å². The molecule has 1 aromatic heterocycles. The molecule has 0 atom stereocenters. The highest BCUT2D eigenvalue weighted by molar-refractivity contribution is 6.29. The molecule has 4 N–H and O–H groups in total. The van der Waals surface area contributed by atoms with E-state index in [0.29, 0.717) is 17.9 Å². The van der Waals surface area contributed by atoms with Crippen molar-refractivity contribution in [1.29, 1.82) is 0 Å². The minimum absolute atomic E-state index is 0.0525. The van der Waals surface area contributed by atoms with Gasteiger partial charge < -0.3 is 15.4 Å². The SMILES string of the molecule is NNc1cc(C(=O)N(CCO)C2CCCCC2)cc(Cl)n1. The van der Waals surface area contributed by atoms with Crippen LogP contribution < -0.4 is 11.3 Å². The molecule has 1 heterocycles. The van der Waals surface area contributed by atoms with Gasteiger partial charge in [-0.2, -0.15) is 0 Å². The van der Waals surface area contributed by atoms with Gasteiger partial charge in [0.25, 0.3) is 5.91 Å². The Bertz CT molecular complexity index is 492. The lowest BCUT2D eigenvalue weighted by molar-refractivity contribution is 0.0585. The van der Waals surface area contributed by atoms with Crippen LogP contribution in [0.2, 0.25) is 5.15 Å². The first-order chi connectivity index (χ1) is 10.2. The van der Waals surface area contributed by atoms with Crippen molar-refractivity contribution in [2.45, 2.75) is 38.1 Å². The van der Waals surface area contributed by atoms with E-state index in [1.165, 1.54) is 12.5 Å². The van der Waals surface area contributed by atoms with Gasteiger partial charge in [0.05, 0.1) is 6.61 Å². The zero-order chi connectivity index (χ0) is 15.2. The van der Waals surface area contributed by atoms with Crippen molar-refractivity contribution in [3.8, 4) is 0 Å². The van der Waals surface area contributed by atoms with Crippen LogP contribution in [0.3, 0.4) is 0 Å². The smallest absolute Gasteiger partial charge is 0.254 e. The summed E-state index contributed by atoms with van der Waals surface area (Å²) in [6, 6.07) is 3.28. The van der Waals surface area contributed by atoms with Gasteiger partial charge in [0, 0.05) is 18.2 Å². The molecule has 0 saturated heterocycles. The number of aromatic nitrogens is 1. The molecule has 7 heteroatoms. The molecule has 1 amide bonds. The highest BCUT2D eigenvalue weighted by Gasteiger charge is 2.26. The number of rotatable bonds is 5. The maximum absolute atomic E-state index is 12.7. The van der Waals surface area contributed by atoms with E-state index in [0.717, 1.165) is 25.7 Å². The van der Waals surface area contributed by atoms with Crippen molar-refractivity contribution in [2.75, 3.05) is 18.6 Å². The molecule has 0 aliphatic heterocycles. The summed E-state index contributed by atoms with van der Waals surface area (Å²) < 4.78 is 0. The van der Waals surface area contributed by atoms with E-state index in [4.69, 9.17) is 17.4 Å². The first kappa shape index (κ1) is 16.0. The Labute approximate surface area is 129 Å². The van der Waals surface area contributed by atoms with E-state index in [9.17, 15) is 9.90 Å². The molecule has 6 nitrogen and oxygen atoms in total. The summed E-state index contributed by atoms with van der Waals surface area (Å²) in [5, 5.41) is 9.46. The van der Waals surface area contributed by atoms with Crippen LogP contribution in [-0.2, 0) is 0 Å². The van der Waals surface area contributed by atoms with Gasteiger partial charge in [-0.25, -0.2) is 10.8 Å². The lowest BCUT2D eigenvalue weighted by atomic mass is 9.93. The van der Waals surface area contributed by atoms with Gasteiger partial charge in [0.1, 0.15) is 11.0 Å². The summed E-state index contributed by atoms with van der Waals surface area (Å²) in [7, 11) is 0. The van der Waals surface area contributed by atoms with E-state index in [-0.39, 0.29) is 23.7 Å². The number of nitrogens with two attached hydrogens (primary N) is 1. The molecule has 116 valence electrons. The fourth-order valence-electron chi connectivity index (χ4n) is 2.81. The molecule has 0 spiro atoms. The Hall–Kier alpha value is -1.37. The number of carbonyl (C=O) groups is 1. The fraction of sp³-hybridized carbons (Fsp3) is 0.571. The molecule has 0 radical (unpaired) electrons. The molecule has 0 unspecified atom stereocenters. The zero-order valence-corrected chi connectivity index (χ0v) is 12.6. The lowest BCUT2D eigenvalue weighted by Crippen LogP contribution is -2.43. The molecular weight excluding hydrogens is 292 g/mol. The van der Waals surface area contributed by atoms with Crippen LogP contribution >= 0.6 is 11.6 Å². The number of amides is 1. The van der Waals surface area contributed by atoms with Gasteiger partial charge in [0.15, 0.2) is 0 Å². The number of hydrogen-bond acceptors (Lipinski definition) is 5. The quantitative estimate of drug-likeness (QED) is 0.438. The monoisotopic (exact) mass is 312 g/mol. The van der Waals surface area contributed by atoms with Gasteiger partial charge in [-0.15, -0.1) is 0 Å². The minimum atomic E-state index is -0.142. The van der Waals surface area contributed by atoms with Crippen molar-refractivity contribution in [1.82, 2.24) is 9.88 Å². The number of anilines is 1. The summed E-state index contributed by atoms with van der Waals surface area (Å²) in [5.41, 5.74) is 2.83. The molecule has 1 fully saturated rings. The second-order valence-electron chi connectivity index (χ2n) is 5.22. The Kier molecular flexibility index (Phi) is 5.78. The second kappa shape index (κ2) is 7.59. The summed E-state index contributed by atoms with van der Waals surface area (Å²) in [6.45, 7) is 0.276. The maximum Gasteiger partial charge on any atom is 0.254 e. The maximum atomic E-state index is 12.7. The predicted molar refractivity (Wildman–Crippen MR) is 82.1 cm³/mol. The summed E-state index contributed by atoms with van der Waals surface area (Å²) in [5.74, 6) is 5.53. The Morgan fingerprint density at radius 2 is 2.14 bits per heavy atom. The number of aliphatic hydroxyl groups excluding tert-OH is 1. The Morgan fingerprint density at radius 1 is 1.43 bits per heavy atom. The minimum Gasteiger partial charge on any atom is -0.395 e. The van der Waals surface area contributed by atoms with Crippen LogP contribution in [0.25, 0.3) is 0 Å². The topological polar surface area (TPSA) is 91.5 Å². The summed E-state index contributed by atoms with van der Waals surface area (Å²) in [4.78, 5) is 18.4. The number of nitrogens with zero attached hydrogens (tertiary/aromatic N) is 2. The van der Waals surface area contributed by atoms with Crippen molar-refractivity contribution in [3.05, 3.63) is 22.8 Å². The normalized spacial score (nSPS) is 15.8. The van der Waals surface area contributed by atoms with Crippen molar-refractivity contribution in [2.24, 2.45) is 5.84 Å². The van der Waals surface area contributed by atoms with Crippen molar-refractivity contribution < 1.29 is 9.90 Å². The summed E-state index contributed by atoms with van der Waals surface area (Å²) >= 11 is 5.91. The predicted octanol–water partition coefficient (Wildman–Crippen LogP) is 1.79. The highest BCUT2D eigenvalue weighted by atomic mass is 35.5. The number of pyridine rings is 1. The first-order valence-corrected chi connectivity index (χ1v) is 7.59. The van der Waals surface area contributed by atoms with Crippen LogP contribution in [0.5, 0.6) is 0 Å². The number of nitrogen functional groups attached to an aromatic ring is 1. The zero-order valence-electron chi connectivity index (χ0n) is 11.9. The number of nitrogens with one attached hydrogen (secondary N) is 1. The third kappa shape index (κ3) is 4.06. The Balaban J connectivity index is 2.22. The highest BCUT2D eigenvalue weighted by Crippen LogP contribution is 2.25. The number of hydrazine groups is 1. The number of hydrogen-bond donors (Lipinski definition) is 3. The first-order valence-electron chi connectivity index (χ1n) is 7.21. The molecule has 1 aromatic rings. The van der Waals surface area contributed by atoms with Gasteiger partial charge in [0.2, 0.25) is 0 Å². The number of aliphatic hydroxyl groups is 1. The standard InChI is InChI=1S/C14H21ClN4O2/c15-12-8-10(9-13(17-12)18-16)14(21)19(6-7-20)11-4-2-1-3-5-11/h8-9,11,20H,1-7,16H2,(H,17,18). The molecule has 0 bridgehead atoms. The molecule has 21 heavy (non-hydrogen) atoms. The average molecular weight is 313 g/mol. The lowest BCUT2D eigenvalue weighted by Gasteiger charge is -2.34. The Morgan fingerprint density at radius 3 is 2.76 bits per heavy atom. The molecule has 2 rings (SSSR count). The molecule has 1 aliphatic carbocycles. The second-order valence-corrected chi connectivity index (χ2v) is 5.61. The van der Waals surface area contributed by atoms with Crippen molar-refractivity contribution >= 4 is 23.3 Å². The molecular formula is C14H21ClN4O2. The average Bonchev–Trinajstić information content (AvgIpc) is 2.52. The van der Waals surface area contributed by atoms with Crippen LogP contribution in [-0.4, -0.2) is 40.1 Å². The molecule has 1 saturated carbocycles. The van der Waals surface area contributed by atoms with E-state index in [2.05, 4.69) is 10.4 Å². The third-order valence-corrected chi connectivity index (χ3v) is 4.00. The number of carbonyl (C=O) groups excluding carboxylic acids is 1. The van der Waals surface area contributed by atoms with Gasteiger partial charge >= 0.3 is 0 Å². The molecule has 0 aromatic carbocycles. The van der Waals surface area contributed by atoms with E-state index < -0.39 is 0 Å². The number of halogens is 1. The van der Waals surface area contributed by atoms with Crippen LogP contribution in [0.15, 0.2) is 12.1 Å². The van der Waals surface area contributed by atoms with Gasteiger partial charge in [-0.1, -0.05) is 30.9 Å². The van der Waals surface area contributed by atoms with Crippen LogP contribution in [0.1, 0.15) is 42.5 Å². The van der Waals surface area contributed by atoms with Crippen LogP contribution in [0, 0.1) is 0 Å². The fourth-order valence-corrected chi connectivity index (χ4v) is 3.02. The summed E-state index contributed by atoms with van der Waals surface area (Å²) in [6.07, 6.45) is 5.40. The van der Waals surface area contributed by atoms with E-state index in [1.54, 1.807) is 11.0 Å². The van der Waals surface area contributed by atoms with E-state index >= 15 is 0 Å². The molecule has 1 aliphatic rings. The van der Waals surface area contributed by atoms with Gasteiger partial charge in [-0.3, -0.25) is 4.79 Å². The van der Waals surface area contributed by atoms with Crippen LogP contribution in [0.4, 0.5) is 5.82 Å². The van der Waals surface area contributed by atoms with Gasteiger partial charge in [-0.05, 0) is 25.0 Å².